The van der Waals surface area contributed by atoms with E-state index in [9.17, 15) is 4.79 Å². The molecule has 0 atom stereocenters. The van der Waals surface area contributed by atoms with E-state index in [2.05, 4.69) is 22.6 Å². The molecular formula is C17H16N2O2S2. The molecule has 0 saturated heterocycles. The van der Waals surface area contributed by atoms with Gasteiger partial charge in [0.25, 0.3) is 5.91 Å². The molecule has 23 heavy (non-hydrogen) atoms. The third kappa shape index (κ3) is 4.46. The van der Waals surface area contributed by atoms with Crippen molar-refractivity contribution >= 4 is 29.0 Å². The number of hydrogen-bond donors (Lipinski definition) is 1. The summed E-state index contributed by atoms with van der Waals surface area (Å²) in [5.74, 6) is 2.24. The van der Waals surface area contributed by atoms with Crippen molar-refractivity contribution in [3.63, 3.8) is 0 Å². The van der Waals surface area contributed by atoms with Crippen LogP contribution in [-0.2, 0) is 5.75 Å². The summed E-state index contributed by atoms with van der Waals surface area (Å²) >= 11 is 3.34. The Morgan fingerprint density at radius 2 is 2.09 bits per heavy atom. The van der Waals surface area contributed by atoms with Crippen LogP contribution in [0.15, 0.2) is 58.4 Å². The predicted octanol–water partition coefficient (Wildman–Crippen LogP) is 4.07. The number of amides is 1. The van der Waals surface area contributed by atoms with Gasteiger partial charge in [-0.25, -0.2) is 0 Å². The highest BCUT2D eigenvalue weighted by atomic mass is 32.2. The molecule has 1 N–H and O–H groups in total. The number of nitrogens with zero attached hydrogens (tertiary/aromatic N) is 1. The minimum atomic E-state index is -0.197. The lowest BCUT2D eigenvalue weighted by Gasteiger charge is -2.03. The summed E-state index contributed by atoms with van der Waals surface area (Å²) < 4.78 is 5.21. The first-order chi connectivity index (χ1) is 11.3. The topological polar surface area (TPSA) is 55.1 Å². The van der Waals surface area contributed by atoms with Crippen molar-refractivity contribution in [2.45, 2.75) is 5.75 Å². The van der Waals surface area contributed by atoms with E-state index in [1.807, 2.05) is 35.7 Å². The van der Waals surface area contributed by atoms with Crippen LogP contribution in [0.3, 0.4) is 0 Å². The van der Waals surface area contributed by atoms with E-state index in [-0.39, 0.29) is 5.91 Å². The van der Waals surface area contributed by atoms with Crippen LogP contribution in [0, 0.1) is 0 Å². The van der Waals surface area contributed by atoms with Gasteiger partial charge >= 0.3 is 0 Å². The molecular weight excluding hydrogens is 328 g/mol. The molecule has 4 nitrogen and oxygen atoms in total. The highest BCUT2D eigenvalue weighted by Gasteiger charge is 2.13. The Bertz CT molecular complexity index is 739. The molecule has 0 bridgehead atoms. The predicted molar refractivity (Wildman–Crippen MR) is 94.8 cm³/mol. The smallest absolute Gasteiger partial charge is 0.273 e. The molecule has 0 spiro atoms. The van der Waals surface area contributed by atoms with Gasteiger partial charge in [-0.05, 0) is 17.0 Å². The lowest BCUT2D eigenvalue weighted by atomic mass is 10.2. The van der Waals surface area contributed by atoms with E-state index < -0.39 is 0 Å². The number of benzene rings is 1. The van der Waals surface area contributed by atoms with Crippen LogP contribution in [0.4, 0.5) is 0 Å². The fourth-order valence-electron chi connectivity index (χ4n) is 2.01. The molecule has 2 heterocycles. The largest absolute Gasteiger partial charge is 0.355 e. The minimum absolute atomic E-state index is 0.197. The maximum absolute atomic E-state index is 12.0. The van der Waals surface area contributed by atoms with Crippen LogP contribution in [0.2, 0.25) is 0 Å². The van der Waals surface area contributed by atoms with Gasteiger partial charge in [0, 0.05) is 24.1 Å². The number of carbonyl (C=O) groups is 1. The second kappa shape index (κ2) is 7.99. The fraction of sp³-hybridized carbons (Fsp3) is 0.176. The van der Waals surface area contributed by atoms with E-state index in [1.54, 1.807) is 29.2 Å². The van der Waals surface area contributed by atoms with Gasteiger partial charge < -0.3 is 9.84 Å². The van der Waals surface area contributed by atoms with Crippen LogP contribution in [-0.4, -0.2) is 23.4 Å². The van der Waals surface area contributed by atoms with Crippen molar-refractivity contribution in [3.05, 3.63) is 65.2 Å². The van der Waals surface area contributed by atoms with Crippen molar-refractivity contribution < 1.29 is 9.32 Å². The molecule has 0 saturated carbocycles. The quantitative estimate of drug-likeness (QED) is 0.657. The molecule has 1 amide bonds. The van der Waals surface area contributed by atoms with Gasteiger partial charge in [0.2, 0.25) is 0 Å². The Balaban J connectivity index is 1.41. The maximum Gasteiger partial charge on any atom is 0.273 e. The number of thioether (sulfide) groups is 1. The molecule has 2 aromatic heterocycles. The SMILES string of the molecule is O=C(NCCSCc1ccccc1)c1cc(-c2cccs2)on1. The zero-order chi connectivity index (χ0) is 15.9. The monoisotopic (exact) mass is 344 g/mol. The first kappa shape index (κ1) is 15.8. The average molecular weight is 344 g/mol. The summed E-state index contributed by atoms with van der Waals surface area (Å²) in [6, 6.07) is 15.8. The van der Waals surface area contributed by atoms with E-state index in [4.69, 9.17) is 4.52 Å². The summed E-state index contributed by atoms with van der Waals surface area (Å²) in [6.07, 6.45) is 0. The lowest BCUT2D eigenvalue weighted by Crippen LogP contribution is -2.25. The molecule has 0 radical (unpaired) electrons. The van der Waals surface area contributed by atoms with Crippen LogP contribution in [0.1, 0.15) is 16.1 Å². The Morgan fingerprint density at radius 1 is 1.22 bits per heavy atom. The Morgan fingerprint density at radius 3 is 2.87 bits per heavy atom. The molecule has 0 fully saturated rings. The van der Waals surface area contributed by atoms with Crippen LogP contribution in [0.25, 0.3) is 10.6 Å². The number of carbonyl (C=O) groups excluding carboxylic acids is 1. The Hall–Kier alpha value is -2.05. The van der Waals surface area contributed by atoms with Crippen molar-refractivity contribution in [2.75, 3.05) is 12.3 Å². The van der Waals surface area contributed by atoms with Crippen molar-refractivity contribution in [1.29, 1.82) is 0 Å². The highest BCUT2D eigenvalue weighted by Crippen LogP contribution is 2.25. The first-order valence-electron chi connectivity index (χ1n) is 7.23. The van der Waals surface area contributed by atoms with Gasteiger partial charge in [0.05, 0.1) is 4.88 Å². The molecule has 118 valence electrons. The van der Waals surface area contributed by atoms with E-state index in [1.165, 1.54) is 5.56 Å². The van der Waals surface area contributed by atoms with Gasteiger partial charge in [-0.1, -0.05) is 41.6 Å². The summed E-state index contributed by atoms with van der Waals surface area (Å²) in [4.78, 5) is 13.0. The standard InChI is InChI=1S/C17H16N2O2S2/c20-17(14-11-15(21-19-14)16-7-4-9-23-16)18-8-10-22-12-13-5-2-1-3-6-13/h1-7,9,11H,8,10,12H2,(H,18,20). The first-order valence-corrected chi connectivity index (χ1v) is 9.27. The van der Waals surface area contributed by atoms with Crippen LogP contribution >= 0.6 is 23.1 Å². The molecule has 1 aromatic carbocycles. The molecule has 6 heteroatoms. The van der Waals surface area contributed by atoms with Crippen LogP contribution < -0.4 is 5.32 Å². The number of rotatable bonds is 7. The molecule has 0 aliphatic heterocycles. The molecule has 0 aliphatic carbocycles. The van der Waals surface area contributed by atoms with Gasteiger partial charge in [-0.3, -0.25) is 4.79 Å². The summed E-state index contributed by atoms with van der Waals surface area (Å²) in [5, 5.41) is 8.66. The number of hydrogen-bond acceptors (Lipinski definition) is 5. The molecule has 3 aromatic rings. The second-order valence-electron chi connectivity index (χ2n) is 4.85. The number of nitrogens with one attached hydrogen (secondary N) is 1. The van der Waals surface area contributed by atoms with Crippen LogP contribution in [0.5, 0.6) is 0 Å². The van der Waals surface area contributed by atoms with E-state index in [0.29, 0.717) is 18.0 Å². The Labute approximate surface area is 142 Å². The van der Waals surface area contributed by atoms with E-state index in [0.717, 1.165) is 16.4 Å². The van der Waals surface area contributed by atoms with Gasteiger partial charge in [0.15, 0.2) is 11.5 Å². The Kier molecular flexibility index (Phi) is 5.50. The fourth-order valence-corrected chi connectivity index (χ4v) is 3.50. The molecule has 3 rings (SSSR count). The third-order valence-corrected chi connectivity index (χ3v) is 5.07. The lowest BCUT2D eigenvalue weighted by molar-refractivity contribution is 0.0947. The van der Waals surface area contributed by atoms with E-state index >= 15 is 0 Å². The van der Waals surface area contributed by atoms with Crippen molar-refractivity contribution in [3.8, 4) is 10.6 Å². The summed E-state index contributed by atoms with van der Waals surface area (Å²) in [7, 11) is 0. The number of thiophene rings is 1. The second-order valence-corrected chi connectivity index (χ2v) is 6.90. The highest BCUT2D eigenvalue weighted by molar-refractivity contribution is 7.98. The van der Waals surface area contributed by atoms with Crippen molar-refractivity contribution in [2.24, 2.45) is 0 Å². The summed E-state index contributed by atoms with van der Waals surface area (Å²) in [6.45, 7) is 0.609. The van der Waals surface area contributed by atoms with Gasteiger partial charge in [-0.2, -0.15) is 11.8 Å². The zero-order valence-corrected chi connectivity index (χ0v) is 14.0. The van der Waals surface area contributed by atoms with Crippen molar-refractivity contribution in [1.82, 2.24) is 10.5 Å². The maximum atomic E-state index is 12.0. The third-order valence-electron chi connectivity index (χ3n) is 3.15. The van der Waals surface area contributed by atoms with Gasteiger partial charge in [-0.15, -0.1) is 11.3 Å². The normalized spacial score (nSPS) is 10.6. The number of aromatic nitrogens is 1. The molecule has 0 aliphatic rings. The summed E-state index contributed by atoms with van der Waals surface area (Å²) in [5.41, 5.74) is 1.61. The minimum Gasteiger partial charge on any atom is -0.355 e. The average Bonchev–Trinajstić information content (AvgIpc) is 3.26. The zero-order valence-electron chi connectivity index (χ0n) is 12.4. The van der Waals surface area contributed by atoms with Gasteiger partial charge in [0.1, 0.15) is 0 Å². The molecule has 0 unspecified atom stereocenters.